The fourth-order valence-corrected chi connectivity index (χ4v) is 2.14. The Hall–Kier alpha value is -1.67. The zero-order valence-corrected chi connectivity index (χ0v) is 12.5. The molecule has 0 radical (unpaired) electrons. The van der Waals surface area contributed by atoms with E-state index in [0.717, 1.165) is 0 Å². The van der Waals surface area contributed by atoms with Gasteiger partial charge in [-0.1, -0.05) is 15.9 Å². The van der Waals surface area contributed by atoms with Crippen molar-refractivity contribution >= 4 is 43.2 Å². The van der Waals surface area contributed by atoms with Gasteiger partial charge >= 0.3 is 5.69 Å². The Bertz CT molecular complexity index is 649. The van der Waals surface area contributed by atoms with Gasteiger partial charge in [-0.25, -0.2) is 4.98 Å². The first-order valence-corrected chi connectivity index (χ1v) is 6.59. The van der Waals surface area contributed by atoms with Crippen LogP contribution in [-0.2, 0) is 0 Å². The quantitative estimate of drug-likeness (QED) is 0.636. The molecule has 2 rings (SSSR count). The standard InChI is InChI=1S/C11H7Br2N3O3/c12-6-1-2-10(9(3-6)16(17)18)19-11-8(13)4-7(14)5-15-11/h1-5H,14H2. The normalized spacial score (nSPS) is 10.2. The minimum absolute atomic E-state index is 0.103. The van der Waals surface area contributed by atoms with E-state index in [0.29, 0.717) is 14.6 Å². The molecule has 0 saturated heterocycles. The second-order valence-corrected chi connectivity index (χ2v) is 5.30. The average Bonchev–Trinajstić information content (AvgIpc) is 2.34. The molecule has 2 aromatic rings. The van der Waals surface area contributed by atoms with E-state index in [1.807, 2.05) is 0 Å². The summed E-state index contributed by atoms with van der Waals surface area (Å²) in [5.41, 5.74) is 5.87. The molecule has 0 fully saturated rings. The highest BCUT2D eigenvalue weighted by Crippen LogP contribution is 2.35. The van der Waals surface area contributed by atoms with Crippen LogP contribution in [0.25, 0.3) is 0 Å². The highest BCUT2D eigenvalue weighted by atomic mass is 79.9. The number of hydrogen-bond donors (Lipinski definition) is 1. The van der Waals surface area contributed by atoms with Gasteiger partial charge in [-0.05, 0) is 34.1 Å². The van der Waals surface area contributed by atoms with E-state index in [4.69, 9.17) is 10.5 Å². The summed E-state index contributed by atoms with van der Waals surface area (Å²) >= 11 is 6.41. The van der Waals surface area contributed by atoms with E-state index in [1.54, 1.807) is 12.1 Å². The maximum Gasteiger partial charge on any atom is 0.312 e. The summed E-state index contributed by atoms with van der Waals surface area (Å²) in [7, 11) is 0. The first-order valence-electron chi connectivity index (χ1n) is 5.00. The molecule has 1 heterocycles. The van der Waals surface area contributed by atoms with Gasteiger partial charge < -0.3 is 10.5 Å². The van der Waals surface area contributed by atoms with Crippen molar-refractivity contribution < 1.29 is 9.66 Å². The number of nitro groups is 1. The molecule has 0 aliphatic carbocycles. The highest BCUT2D eigenvalue weighted by Gasteiger charge is 2.17. The third kappa shape index (κ3) is 3.21. The summed E-state index contributed by atoms with van der Waals surface area (Å²) in [6.07, 6.45) is 1.41. The van der Waals surface area contributed by atoms with Crippen LogP contribution in [-0.4, -0.2) is 9.91 Å². The Kier molecular flexibility index (Phi) is 4.01. The predicted octanol–water partition coefficient (Wildman–Crippen LogP) is 3.89. The molecule has 0 saturated carbocycles. The van der Waals surface area contributed by atoms with E-state index in [2.05, 4.69) is 36.8 Å². The second kappa shape index (κ2) is 5.54. The Labute approximate surface area is 125 Å². The zero-order valence-electron chi connectivity index (χ0n) is 9.34. The molecule has 0 aliphatic heterocycles. The van der Waals surface area contributed by atoms with Gasteiger partial charge in [0, 0.05) is 10.5 Å². The number of ether oxygens (including phenoxy) is 1. The van der Waals surface area contributed by atoms with Crippen molar-refractivity contribution in [3.8, 4) is 11.6 Å². The van der Waals surface area contributed by atoms with Crippen LogP contribution in [0, 0.1) is 10.1 Å². The molecule has 98 valence electrons. The van der Waals surface area contributed by atoms with Crippen molar-refractivity contribution in [2.45, 2.75) is 0 Å². The van der Waals surface area contributed by atoms with Crippen molar-refractivity contribution in [1.29, 1.82) is 0 Å². The van der Waals surface area contributed by atoms with E-state index >= 15 is 0 Å². The van der Waals surface area contributed by atoms with Gasteiger partial charge in [0.15, 0.2) is 0 Å². The molecule has 0 bridgehead atoms. The molecule has 6 nitrogen and oxygen atoms in total. The van der Waals surface area contributed by atoms with Gasteiger partial charge in [0.05, 0.1) is 21.3 Å². The lowest BCUT2D eigenvalue weighted by Crippen LogP contribution is -1.96. The number of halogens is 2. The second-order valence-electron chi connectivity index (χ2n) is 3.53. The topological polar surface area (TPSA) is 91.3 Å². The largest absolute Gasteiger partial charge is 0.431 e. The molecule has 1 aromatic heterocycles. The van der Waals surface area contributed by atoms with E-state index in [-0.39, 0.29) is 17.3 Å². The Morgan fingerprint density at radius 2 is 2.05 bits per heavy atom. The number of nitro benzene ring substituents is 1. The summed E-state index contributed by atoms with van der Waals surface area (Å²) in [6, 6.07) is 6.10. The molecular formula is C11H7Br2N3O3. The monoisotopic (exact) mass is 387 g/mol. The van der Waals surface area contributed by atoms with Gasteiger partial charge in [-0.3, -0.25) is 10.1 Å². The molecule has 0 spiro atoms. The lowest BCUT2D eigenvalue weighted by atomic mass is 10.3. The lowest BCUT2D eigenvalue weighted by molar-refractivity contribution is -0.385. The van der Waals surface area contributed by atoms with Gasteiger partial charge in [-0.15, -0.1) is 0 Å². The molecule has 19 heavy (non-hydrogen) atoms. The summed E-state index contributed by atoms with van der Waals surface area (Å²) < 4.78 is 6.55. The predicted molar refractivity (Wildman–Crippen MR) is 77.2 cm³/mol. The molecule has 0 unspecified atom stereocenters. The lowest BCUT2D eigenvalue weighted by Gasteiger charge is -2.07. The van der Waals surface area contributed by atoms with Crippen LogP contribution >= 0.6 is 31.9 Å². The number of hydrogen-bond acceptors (Lipinski definition) is 5. The Morgan fingerprint density at radius 1 is 1.32 bits per heavy atom. The van der Waals surface area contributed by atoms with Crippen LogP contribution in [0.4, 0.5) is 11.4 Å². The van der Waals surface area contributed by atoms with Crippen LogP contribution < -0.4 is 10.5 Å². The van der Waals surface area contributed by atoms with E-state index in [9.17, 15) is 10.1 Å². The molecule has 2 N–H and O–H groups in total. The number of nitrogens with two attached hydrogens (primary N) is 1. The van der Waals surface area contributed by atoms with Crippen LogP contribution in [0.5, 0.6) is 11.6 Å². The first kappa shape index (κ1) is 13.8. The smallest absolute Gasteiger partial charge is 0.312 e. The molecule has 0 aliphatic rings. The first-order chi connectivity index (χ1) is 8.97. The number of benzene rings is 1. The maximum absolute atomic E-state index is 11.0. The maximum atomic E-state index is 11.0. The number of nitrogens with zero attached hydrogens (tertiary/aromatic N) is 2. The third-order valence-electron chi connectivity index (χ3n) is 2.15. The Morgan fingerprint density at radius 3 is 2.68 bits per heavy atom. The number of nitrogen functional groups attached to an aromatic ring is 1. The van der Waals surface area contributed by atoms with Crippen molar-refractivity contribution in [3.05, 3.63) is 49.5 Å². The average molecular weight is 389 g/mol. The van der Waals surface area contributed by atoms with Crippen molar-refractivity contribution in [3.63, 3.8) is 0 Å². The minimum atomic E-state index is -0.523. The molecule has 0 atom stereocenters. The fourth-order valence-electron chi connectivity index (χ4n) is 1.34. The highest BCUT2D eigenvalue weighted by molar-refractivity contribution is 9.10. The van der Waals surface area contributed by atoms with Crippen molar-refractivity contribution in [1.82, 2.24) is 4.98 Å². The number of rotatable bonds is 3. The van der Waals surface area contributed by atoms with Gasteiger partial charge in [0.2, 0.25) is 11.6 Å². The van der Waals surface area contributed by atoms with Gasteiger partial charge in [0.1, 0.15) is 0 Å². The van der Waals surface area contributed by atoms with E-state index in [1.165, 1.54) is 18.3 Å². The number of anilines is 1. The fraction of sp³-hybridized carbons (Fsp3) is 0. The van der Waals surface area contributed by atoms with Gasteiger partial charge in [-0.2, -0.15) is 0 Å². The molecular weight excluding hydrogens is 382 g/mol. The SMILES string of the molecule is Nc1cnc(Oc2ccc(Br)cc2[N+](=O)[O-])c(Br)c1. The molecule has 8 heteroatoms. The van der Waals surface area contributed by atoms with E-state index < -0.39 is 4.92 Å². The number of pyridine rings is 1. The Balaban J connectivity index is 2.40. The van der Waals surface area contributed by atoms with Crippen LogP contribution in [0.2, 0.25) is 0 Å². The summed E-state index contributed by atoms with van der Waals surface area (Å²) in [5.74, 6) is 0.311. The van der Waals surface area contributed by atoms with Crippen LogP contribution in [0.15, 0.2) is 39.4 Å². The third-order valence-corrected chi connectivity index (χ3v) is 3.21. The van der Waals surface area contributed by atoms with Crippen LogP contribution in [0.3, 0.4) is 0 Å². The zero-order chi connectivity index (χ0) is 14.0. The summed E-state index contributed by atoms with van der Waals surface area (Å²) in [6.45, 7) is 0. The minimum Gasteiger partial charge on any atom is -0.431 e. The molecule has 1 aromatic carbocycles. The summed E-state index contributed by atoms with van der Waals surface area (Å²) in [4.78, 5) is 14.4. The van der Waals surface area contributed by atoms with Crippen LogP contribution in [0.1, 0.15) is 0 Å². The summed E-state index contributed by atoms with van der Waals surface area (Å²) in [5, 5.41) is 11.0. The van der Waals surface area contributed by atoms with Crippen molar-refractivity contribution in [2.75, 3.05) is 5.73 Å². The molecule has 0 amide bonds. The van der Waals surface area contributed by atoms with Gasteiger partial charge in [0.25, 0.3) is 0 Å². The number of aromatic nitrogens is 1. The van der Waals surface area contributed by atoms with Crippen molar-refractivity contribution in [2.24, 2.45) is 0 Å².